The Kier molecular flexibility index (Phi) is 3.55. The molecule has 0 amide bonds. The fraction of sp³-hybridized carbons (Fsp3) is 0.0588. The highest BCUT2D eigenvalue weighted by Gasteiger charge is 2.13. The van der Waals surface area contributed by atoms with E-state index in [1.54, 1.807) is 24.3 Å². The lowest BCUT2D eigenvalue weighted by molar-refractivity contribution is 0.475. The third-order valence-electron chi connectivity index (χ3n) is 3.58. The van der Waals surface area contributed by atoms with Crippen LogP contribution in [0.25, 0.3) is 15.5 Å². The predicted molar refractivity (Wildman–Crippen MR) is 91.3 cm³/mol. The van der Waals surface area contributed by atoms with Crippen LogP contribution in [0.15, 0.2) is 59.4 Å². The SMILES string of the molecule is O=c1c(Cc2ccccc2)nnc2sc(-c3ccc(O)cc3)nn12. The summed E-state index contributed by atoms with van der Waals surface area (Å²) in [5, 5.41) is 22.6. The van der Waals surface area contributed by atoms with Crippen LogP contribution >= 0.6 is 11.3 Å². The summed E-state index contributed by atoms with van der Waals surface area (Å²) in [4.78, 5) is 13.0. The van der Waals surface area contributed by atoms with Gasteiger partial charge in [0.15, 0.2) is 0 Å². The van der Waals surface area contributed by atoms with Crippen LogP contribution in [0.1, 0.15) is 11.3 Å². The highest BCUT2D eigenvalue weighted by molar-refractivity contribution is 7.19. The zero-order valence-electron chi connectivity index (χ0n) is 12.5. The van der Waals surface area contributed by atoms with Gasteiger partial charge in [0.05, 0.1) is 0 Å². The van der Waals surface area contributed by atoms with Gasteiger partial charge in [-0.2, -0.15) is 9.61 Å². The first-order valence-electron chi connectivity index (χ1n) is 7.29. The van der Waals surface area contributed by atoms with Crippen molar-refractivity contribution in [1.29, 1.82) is 0 Å². The number of aromatic nitrogens is 4. The maximum absolute atomic E-state index is 12.6. The summed E-state index contributed by atoms with van der Waals surface area (Å²) in [6.45, 7) is 0. The third-order valence-corrected chi connectivity index (χ3v) is 4.53. The fourth-order valence-corrected chi connectivity index (χ4v) is 3.21. The Morgan fingerprint density at radius 2 is 1.75 bits per heavy atom. The van der Waals surface area contributed by atoms with Crippen LogP contribution in [-0.4, -0.2) is 24.9 Å². The maximum Gasteiger partial charge on any atom is 0.297 e. The van der Waals surface area contributed by atoms with Crippen molar-refractivity contribution in [3.8, 4) is 16.3 Å². The van der Waals surface area contributed by atoms with Crippen LogP contribution in [0.5, 0.6) is 5.75 Å². The molecule has 4 aromatic rings. The summed E-state index contributed by atoms with van der Waals surface area (Å²) in [7, 11) is 0. The molecule has 0 aliphatic heterocycles. The maximum atomic E-state index is 12.6. The number of aromatic hydroxyl groups is 1. The summed E-state index contributed by atoms with van der Waals surface area (Å²) in [5.74, 6) is 0.182. The molecule has 0 saturated carbocycles. The molecule has 0 fully saturated rings. The molecule has 1 N–H and O–H groups in total. The van der Waals surface area contributed by atoms with E-state index in [-0.39, 0.29) is 11.3 Å². The van der Waals surface area contributed by atoms with Crippen LogP contribution in [0.2, 0.25) is 0 Å². The van der Waals surface area contributed by atoms with E-state index in [0.717, 1.165) is 11.1 Å². The van der Waals surface area contributed by atoms with Gasteiger partial charge in [-0.3, -0.25) is 4.79 Å². The van der Waals surface area contributed by atoms with Gasteiger partial charge in [0.25, 0.3) is 5.56 Å². The number of benzene rings is 2. The van der Waals surface area contributed by atoms with Crippen molar-refractivity contribution in [2.75, 3.05) is 0 Å². The molecule has 0 saturated heterocycles. The van der Waals surface area contributed by atoms with Crippen LogP contribution < -0.4 is 5.56 Å². The van der Waals surface area contributed by atoms with Crippen LogP contribution in [0.4, 0.5) is 0 Å². The zero-order valence-corrected chi connectivity index (χ0v) is 13.3. The van der Waals surface area contributed by atoms with Gasteiger partial charge in [-0.05, 0) is 29.8 Å². The molecule has 118 valence electrons. The Bertz CT molecular complexity index is 1060. The molecular weight excluding hydrogens is 324 g/mol. The van der Waals surface area contributed by atoms with E-state index >= 15 is 0 Å². The Hall–Kier alpha value is -3.06. The number of hydrogen-bond donors (Lipinski definition) is 1. The minimum Gasteiger partial charge on any atom is -0.508 e. The predicted octanol–water partition coefficient (Wildman–Crippen LogP) is 2.51. The van der Waals surface area contributed by atoms with Gasteiger partial charge in [-0.1, -0.05) is 41.7 Å². The van der Waals surface area contributed by atoms with Gasteiger partial charge in [-0.15, -0.1) is 10.2 Å². The molecule has 0 bridgehead atoms. The molecule has 2 aromatic heterocycles. The van der Waals surface area contributed by atoms with Gasteiger partial charge in [0.2, 0.25) is 4.96 Å². The number of nitrogens with zero attached hydrogens (tertiary/aromatic N) is 4. The number of phenols is 1. The van der Waals surface area contributed by atoms with Crippen molar-refractivity contribution in [3.05, 3.63) is 76.2 Å². The van der Waals surface area contributed by atoms with Gasteiger partial charge in [0, 0.05) is 12.0 Å². The number of fused-ring (bicyclic) bond motifs is 1. The average molecular weight is 336 g/mol. The summed E-state index contributed by atoms with van der Waals surface area (Å²) in [6.07, 6.45) is 0.418. The molecule has 7 heteroatoms. The Morgan fingerprint density at radius 1 is 1.00 bits per heavy atom. The molecule has 2 aromatic carbocycles. The van der Waals surface area contributed by atoms with E-state index < -0.39 is 0 Å². The smallest absolute Gasteiger partial charge is 0.297 e. The minimum atomic E-state index is -0.259. The first-order valence-corrected chi connectivity index (χ1v) is 8.11. The minimum absolute atomic E-state index is 0.182. The van der Waals surface area contributed by atoms with E-state index in [1.165, 1.54) is 15.9 Å². The van der Waals surface area contributed by atoms with Crippen LogP contribution in [0, 0.1) is 0 Å². The average Bonchev–Trinajstić information content (AvgIpc) is 3.04. The van der Waals surface area contributed by atoms with Crippen molar-refractivity contribution in [2.24, 2.45) is 0 Å². The van der Waals surface area contributed by atoms with Gasteiger partial charge in [-0.25, -0.2) is 0 Å². The molecular formula is C17H12N4O2S. The summed E-state index contributed by atoms with van der Waals surface area (Å²) in [5.41, 5.74) is 1.91. The van der Waals surface area contributed by atoms with E-state index in [1.807, 2.05) is 30.3 Å². The molecule has 0 radical (unpaired) electrons. The summed E-state index contributed by atoms with van der Waals surface area (Å²) >= 11 is 1.28. The van der Waals surface area contributed by atoms with Crippen molar-refractivity contribution < 1.29 is 5.11 Å². The quantitative estimate of drug-likeness (QED) is 0.622. The third kappa shape index (κ3) is 2.65. The van der Waals surface area contributed by atoms with E-state index in [0.29, 0.717) is 22.1 Å². The number of phenolic OH excluding ortho intramolecular Hbond substituents is 1. The molecule has 4 rings (SSSR count). The number of hydrogen-bond acceptors (Lipinski definition) is 6. The van der Waals surface area contributed by atoms with E-state index in [2.05, 4.69) is 15.3 Å². The Morgan fingerprint density at radius 3 is 2.50 bits per heavy atom. The highest BCUT2D eigenvalue weighted by atomic mass is 32.1. The first-order chi connectivity index (χ1) is 11.7. The summed E-state index contributed by atoms with van der Waals surface area (Å²) in [6, 6.07) is 16.3. The monoisotopic (exact) mass is 336 g/mol. The largest absolute Gasteiger partial charge is 0.508 e. The lowest BCUT2D eigenvalue weighted by Crippen LogP contribution is -2.22. The fourth-order valence-electron chi connectivity index (χ4n) is 2.37. The zero-order chi connectivity index (χ0) is 16.5. The second kappa shape index (κ2) is 5.86. The molecule has 2 heterocycles. The lowest BCUT2D eigenvalue weighted by atomic mass is 10.1. The molecule has 0 aliphatic carbocycles. The molecule has 0 atom stereocenters. The number of rotatable bonds is 3. The molecule has 24 heavy (non-hydrogen) atoms. The first kappa shape index (κ1) is 14.5. The van der Waals surface area contributed by atoms with Gasteiger partial charge >= 0.3 is 0 Å². The molecule has 6 nitrogen and oxygen atoms in total. The normalized spacial score (nSPS) is 11.0. The molecule has 0 aliphatic rings. The standard InChI is InChI=1S/C17H12N4O2S/c22-13-8-6-12(7-9-13)15-20-21-16(23)14(18-19-17(21)24-15)10-11-4-2-1-3-5-11/h1-9,22H,10H2. The van der Waals surface area contributed by atoms with E-state index in [4.69, 9.17) is 0 Å². The second-order valence-corrected chi connectivity index (χ2v) is 6.22. The Balaban J connectivity index is 1.76. The van der Waals surface area contributed by atoms with Crippen molar-refractivity contribution in [2.45, 2.75) is 6.42 Å². The van der Waals surface area contributed by atoms with Crippen molar-refractivity contribution in [3.63, 3.8) is 0 Å². The highest BCUT2D eigenvalue weighted by Crippen LogP contribution is 2.25. The lowest BCUT2D eigenvalue weighted by Gasteiger charge is -1.99. The van der Waals surface area contributed by atoms with Gasteiger partial charge < -0.3 is 5.11 Å². The summed E-state index contributed by atoms with van der Waals surface area (Å²) < 4.78 is 1.29. The Labute approximate surface area is 140 Å². The molecule has 0 spiro atoms. The molecule has 0 unspecified atom stereocenters. The van der Waals surface area contributed by atoms with Crippen molar-refractivity contribution >= 4 is 16.3 Å². The van der Waals surface area contributed by atoms with Gasteiger partial charge in [0.1, 0.15) is 16.5 Å². The second-order valence-electron chi connectivity index (χ2n) is 5.26. The van der Waals surface area contributed by atoms with Crippen molar-refractivity contribution in [1.82, 2.24) is 19.8 Å². The van der Waals surface area contributed by atoms with Crippen LogP contribution in [0.3, 0.4) is 0 Å². The topological polar surface area (TPSA) is 80.4 Å². The van der Waals surface area contributed by atoms with E-state index in [9.17, 15) is 9.90 Å². The van der Waals surface area contributed by atoms with Crippen LogP contribution in [-0.2, 0) is 6.42 Å².